The van der Waals surface area contributed by atoms with Crippen LogP contribution in [0.25, 0.3) is 0 Å². The number of hydrogen-bond donors (Lipinski definition) is 0. The molecule has 0 aliphatic carbocycles. The molecule has 0 aliphatic rings. The van der Waals surface area contributed by atoms with E-state index in [2.05, 4.69) is 24.2 Å². The largest absolute Gasteiger partial charge is 0.464 e. The average molecular weight is 225 g/mol. The first-order chi connectivity index (χ1) is 7.52. The molecule has 16 heavy (non-hydrogen) atoms. The fourth-order valence-electron chi connectivity index (χ4n) is 1.58. The summed E-state index contributed by atoms with van der Waals surface area (Å²) in [5.74, 6) is -0.226. The summed E-state index contributed by atoms with van der Waals surface area (Å²) in [7, 11) is 1.36. The molecule has 1 aromatic heterocycles. The highest BCUT2D eigenvalue weighted by Gasteiger charge is 2.24. The second-order valence-electron chi connectivity index (χ2n) is 4.17. The Balaban J connectivity index is 3.22. The molecule has 0 aliphatic heterocycles. The highest BCUT2D eigenvalue weighted by Crippen LogP contribution is 2.22. The van der Waals surface area contributed by atoms with Gasteiger partial charge in [0.25, 0.3) is 0 Å². The van der Waals surface area contributed by atoms with E-state index in [0.29, 0.717) is 5.69 Å². The Morgan fingerprint density at radius 2 is 2.06 bits per heavy atom. The summed E-state index contributed by atoms with van der Waals surface area (Å²) >= 11 is 0. The van der Waals surface area contributed by atoms with Gasteiger partial charge in [-0.25, -0.2) is 9.48 Å². The Morgan fingerprint density at radius 3 is 2.50 bits per heavy atom. The number of rotatable bonds is 4. The highest BCUT2D eigenvalue weighted by molar-refractivity contribution is 5.88. The third-order valence-electron chi connectivity index (χ3n) is 2.66. The predicted molar refractivity (Wildman–Crippen MR) is 60.5 cm³/mol. The lowest BCUT2D eigenvalue weighted by atomic mass is 10.1. The molecule has 0 aromatic carbocycles. The number of ether oxygens (including phenoxy) is 1. The summed E-state index contributed by atoms with van der Waals surface area (Å²) in [4.78, 5) is 11.5. The zero-order chi connectivity index (χ0) is 12.3. The number of esters is 1. The molecular formula is C11H19N3O2. The van der Waals surface area contributed by atoms with Crippen molar-refractivity contribution in [2.24, 2.45) is 0 Å². The second-order valence-corrected chi connectivity index (χ2v) is 4.17. The molecule has 1 unspecified atom stereocenters. The molecule has 1 aromatic rings. The van der Waals surface area contributed by atoms with Crippen LogP contribution in [0.3, 0.4) is 0 Å². The predicted octanol–water partition coefficient (Wildman–Crippen LogP) is 2.16. The molecule has 0 radical (unpaired) electrons. The molecule has 0 amide bonds. The fourth-order valence-corrected chi connectivity index (χ4v) is 1.58. The van der Waals surface area contributed by atoms with Crippen molar-refractivity contribution < 1.29 is 9.53 Å². The van der Waals surface area contributed by atoms with Crippen molar-refractivity contribution in [2.75, 3.05) is 7.11 Å². The minimum absolute atomic E-state index is 0.193. The number of carbonyl (C=O) groups excluding carboxylic acids is 1. The van der Waals surface area contributed by atoms with Crippen LogP contribution in [0.2, 0.25) is 0 Å². The molecule has 90 valence electrons. The van der Waals surface area contributed by atoms with E-state index in [1.165, 1.54) is 7.11 Å². The first-order valence-electron chi connectivity index (χ1n) is 5.56. The summed E-state index contributed by atoms with van der Waals surface area (Å²) in [5, 5.41) is 7.96. The van der Waals surface area contributed by atoms with Crippen molar-refractivity contribution in [3.63, 3.8) is 0 Å². The van der Waals surface area contributed by atoms with Gasteiger partial charge < -0.3 is 4.74 Å². The Kier molecular flexibility index (Phi) is 4.04. The molecule has 0 spiro atoms. The first kappa shape index (κ1) is 12.7. The van der Waals surface area contributed by atoms with Crippen LogP contribution in [-0.4, -0.2) is 28.1 Å². The van der Waals surface area contributed by atoms with Gasteiger partial charge in [-0.05, 0) is 19.3 Å². The highest BCUT2D eigenvalue weighted by atomic mass is 16.5. The van der Waals surface area contributed by atoms with Crippen LogP contribution in [0.5, 0.6) is 0 Å². The lowest BCUT2D eigenvalue weighted by molar-refractivity contribution is 0.0592. The smallest absolute Gasteiger partial charge is 0.360 e. The maximum atomic E-state index is 11.5. The summed E-state index contributed by atoms with van der Waals surface area (Å²) in [6.07, 6.45) is 0.948. The van der Waals surface area contributed by atoms with Gasteiger partial charge in [-0.3, -0.25) is 0 Å². The molecule has 0 saturated carbocycles. The van der Waals surface area contributed by atoms with Gasteiger partial charge in [0.05, 0.1) is 18.8 Å². The van der Waals surface area contributed by atoms with Crippen LogP contribution in [-0.2, 0) is 4.74 Å². The van der Waals surface area contributed by atoms with Crippen LogP contribution in [0.15, 0.2) is 0 Å². The average Bonchev–Trinajstić information content (AvgIpc) is 2.71. The number of methoxy groups -OCH3 is 1. The SMILES string of the molecule is CCC(C)n1nnc(C(=O)OC)c1C(C)C. The maximum Gasteiger partial charge on any atom is 0.360 e. The lowest BCUT2D eigenvalue weighted by Gasteiger charge is -2.15. The Bertz CT molecular complexity index is 371. The van der Waals surface area contributed by atoms with Gasteiger partial charge in [0.15, 0.2) is 5.69 Å². The number of carbonyl (C=O) groups is 1. The molecule has 5 nitrogen and oxygen atoms in total. The first-order valence-corrected chi connectivity index (χ1v) is 5.56. The van der Waals surface area contributed by atoms with E-state index in [9.17, 15) is 4.79 Å². The molecule has 0 N–H and O–H groups in total. The van der Waals surface area contributed by atoms with E-state index in [1.807, 2.05) is 18.5 Å². The zero-order valence-corrected chi connectivity index (χ0v) is 10.5. The van der Waals surface area contributed by atoms with Gasteiger partial charge >= 0.3 is 5.97 Å². The number of hydrogen-bond acceptors (Lipinski definition) is 4. The van der Waals surface area contributed by atoms with Gasteiger partial charge in [-0.2, -0.15) is 0 Å². The minimum Gasteiger partial charge on any atom is -0.464 e. The Labute approximate surface area is 95.8 Å². The van der Waals surface area contributed by atoms with Crippen LogP contribution >= 0.6 is 0 Å². The van der Waals surface area contributed by atoms with Gasteiger partial charge in [0, 0.05) is 0 Å². The van der Waals surface area contributed by atoms with Crippen molar-refractivity contribution in [1.29, 1.82) is 0 Å². The van der Waals surface area contributed by atoms with Crippen LogP contribution < -0.4 is 0 Å². The van der Waals surface area contributed by atoms with Crippen LogP contribution in [0.4, 0.5) is 0 Å². The summed E-state index contributed by atoms with van der Waals surface area (Å²) in [6.45, 7) is 8.17. The summed E-state index contributed by atoms with van der Waals surface area (Å²) < 4.78 is 6.52. The summed E-state index contributed by atoms with van der Waals surface area (Å²) in [6, 6.07) is 0.239. The van der Waals surface area contributed by atoms with Crippen LogP contribution in [0, 0.1) is 0 Å². The van der Waals surface area contributed by atoms with E-state index in [4.69, 9.17) is 4.74 Å². The lowest BCUT2D eigenvalue weighted by Crippen LogP contribution is -2.13. The van der Waals surface area contributed by atoms with Gasteiger partial charge in [-0.1, -0.05) is 26.0 Å². The Hall–Kier alpha value is -1.39. The molecular weight excluding hydrogens is 206 g/mol. The Morgan fingerprint density at radius 1 is 1.44 bits per heavy atom. The third-order valence-corrected chi connectivity index (χ3v) is 2.66. The van der Waals surface area contributed by atoms with Crippen molar-refractivity contribution in [3.8, 4) is 0 Å². The maximum absolute atomic E-state index is 11.5. The summed E-state index contributed by atoms with van der Waals surface area (Å²) in [5.41, 5.74) is 1.18. The second kappa shape index (κ2) is 5.09. The van der Waals surface area contributed by atoms with Crippen molar-refractivity contribution in [2.45, 2.75) is 46.1 Å². The van der Waals surface area contributed by atoms with E-state index >= 15 is 0 Å². The standard InChI is InChI=1S/C11H19N3O2/c1-6-8(4)14-10(7(2)3)9(12-13-14)11(15)16-5/h7-8H,6H2,1-5H3. The quantitative estimate of drug-likeness (QED) is 0.737. The van der Waals surface area contributed by atoms with Gasteiger partial charge in [-0.15, -0.1) is 5.10 Å². The van der Waals surface area contributed by atoms with Crippen molar-refractivity contribution >= 4 is 5.97 Å². The monoisotopic (exact) mass is 225 g/mol. The number of nitrogens with zero attached hydrogens (tertiary/aromatic N) is 3. The van der Waals surface area contributed by atoms with E-state index in [1.54, 1.807) is 0 Å². The molecule has 1 rings (SSSR count). The van der Waals surface area contributed by atoms with Crippen LogP contribution in [0.1, 0.15) is 62.3 Å². The third kappa shape index (κ3) is 2.23. The molecule has 0 bridgehead atoms. The fraction of sp³-hybridized carbons (Fsp3) is 0.727. The van der Waals surface area contributed by atoms with Gasteiger partial charge in [0.1, 0.15) is 0 Å². The molecule has 1 heterocycles. The topological polar surface area (TPSA) is 57.0 Å². The molecule has 1 atom stereocenters. The molecule has 0 fully saturated rings. The van der Waals surface area contributed by atoms with E-state index < -0.39 is 5.97 Å². The molecule has 0 saturated heterocycles. The normalized spacial score (nSPS) is 12.9. The number of aromatic nitrogens is 3. The van der Waals surface area contributed by atoms with E-state index in [-0.39, 0.29) is 12.0 Å². The molecule has 5 heteroatoms. The van der Waals surface area contributed by atoms with Crippen molar-refractivity contribution in [1.82, 2.24) is 15.0 Å². The van der Waals surface area contributed by atoms with Crippen molar-refractivity contribution in [3.05, 3.63) is 11.4 Å². The van der Waals surface area contributed by atoms with E-state index in [0.717, 1.165) is 12.1 Å². The van der Waals surface area contributed by atoms with Gasteiger partial charge in [0.2, 0.25) is 0 Å². The minimum atomic E-state index is -0.418. The zero-order valence-electron chi connectivity index (χ0n) is 10.5.